The third kappa shape index (κ3) is 1.69. The zero-order valence-corrected chi connectivity index (χ0v) is 10.3. The predicted octanol–water partition coefficient (Wildman–Crippen LogP) is -0.394. The molecule has 2 bridgehead atoms. The van der Waals surface area contributed by atoms with Gasteiger partial charge in [0.2, 0.25) is 0 Å². The van der Waals surface area contributed by atoms with Gasteiger partial charge in [-0.1, -0.05) is 0 Å². The van der Waals surface area contributed by atoms with Crippen LogP contribution in [0.1, 0.15) is 23.2 Å². The molecule has 19 heavy (non-hydrogen) atoms. The predicted molar refractivity (Wildman–Crippen MR) is 66.6 cm³/mol. The molecule has 1 amide bonds. The topological polar surface area (TPSA) is 84.2 Å². The van der Waals surface area contributed by atoms with Crippen LogP contribution >= 0.6 is 0 Å². The molecule has 4 heterocycles. The number of nitrogens with zero attached hydrogens (tertiary/aromatic N) is 4. The van der Waals surface area contributed by atoms with E-state index in [4.69, 9.17) is 0 Å². The monoisotopic (exact) mass is 258 g/mol. The van der Waals surface area contributed by atoms with E-state index in [1.807, 2.05) is 0 Å². The SMILES string of the molecule is O=C(NCC12CC(CN1)C2)c1ccc2nnnn2c1. The third-order valence-corrected chi connectivity index (χ3v) is 4.17. The van der Waals surface area contributed by atoms with Gasteiger partial charge in [-0.2, -0.15) is 4.52 Å². The Hall–Kier alpha value is -2.02. The summed E-state index contributed by atoms with van der Waals surface area (Å²) in [5.74, 6) is 0.735. The second-order valence-corrected chi connectivity index (χ2v) is 5.52. The van der Waals surface area contributed by atoms with E-state index < -0.39 is 0 Å². The Morgan fingerprint density at radius 2 is 2.42 bits per heavy atom. The average Bonchev–Trinajstić information content (AvgIpc) is 3.09. The van der Waals surface area contributed by atoms with Gasteiger partial charge in [-0.25, -0.2) is 0 Å². The van der Waals surface area contributed by atoms with Gasteiger partial charge in [0.05, 0.1) is 5.56 Å². The van der Waals surface area contributed by atoms with Crippen molar-refractivity contribution >= 4 is 11.6 Å². The second-order valence-electron chi connectivity index (χ2n) is 5.52. The van der Waals surface area contributed by atoms with Crippen molar-refractivity contribution < 1.29 is 4.79 Å². The van der Waals surface area contributed by atoms with Crippen molar-refractivity contribution in [3.8, 4) is 0 Å². The van der Waals surface area contributed by atoms with E-state index in [1.54, 1.807) is 18.3 Å². The van der Waals surface area contributed by atoms with Crippen LogP contribution in [-0.4, -0.2) is 44.6 Å². The summed E-state index contributed by atoms with van der Waals surface area (Å²) in [7, 11) is 0. The fraction of sp³-hybridized carbons (Fsp3) is 0.500. The summed E-state index contributed by atoms with van der Waals surface area (Å²) < 4.78 is 1.50. The zero-order valence-electron chi connectivity index (χ0n) is 10.3. The fourth-order valence-corrected chi connectivity index (χ4v) is 3.13. The molecule has 0 radical (unpaired) electrons. The van der Waals surface area contributed by atoms with Crippen LogP contribution < -0.4 is 10.6 Å². The molecule has 98 valence electrons. The van der Waals surface area contributed by atoms with Crippen molar-refractivity contribution in [2.45, 2.75) is 18.4 Å². The Morgan fingerprint density at radius 3 is 3.21 bits per heavy atom. The smallest absolute Gasteiger partial charge is 0.252 e. The summed E-state index contributed by atoms with van der Waals surface area (Å²) in [6.07, 6.45) is 4.01. The number of hydrogen-bond donors (Lipinski definition) is 2. The second kappa shape index (κ2) is 3.74. The van der Waals surface area contributed by atoms with Crippen molar-refractivity contribution in [2.24, 2.45) is 5.92 Å². The molecule has 0 spiro atoms. The first-order chi connectivity index (χ1) is 9.24. The van der Waals surface area contributed by atoms with Gasteiger partial charge in [0.25, 0.3) is 5.91 Å². The summed E-state index contributed by atoms with van der Waals surface area (Å²) in [5, 5.41) is 17.6. The van der Waals surface area contributed by atoms with Crippen LogP contribution in [-0.2, 0) is 0 Å². The molecule has 2 N–H and O–H groups in total. The minimum Gasteiger partial charge on any atom is -0.350 e. The molecule has 2 aliphatic heterocycles. The summed E-state index contributed by atoms with van der Waals surface area (Å²) in [6, 6.07) is 3.48. The van der Waals surface area contributed by atoms with Gasteiger partial charge >= 0.3 is 0 Å². The maximum Gasteiger partial charge on any atom is 0.252 e. The molecule has 2 saturated heterocycles. The van der Waals surface area contributed by atoms with Gasteiger partial charge in [-0.05, 0) is 47.9 Å². The lowest BCUT2D eigenvalue weighted by molar-refractivity contribution is 0.0925. The Balaban J connectivity index is 1.47. The Kier molecular flexibility index (Phi) is 2.14. The van der Waals surface area contributed by atoms with Gasteiger partial charge in [0, 0.05) is 18.3 Å². The normalized spacial score (nSPS) is 28.3. The maximum absolute atomic E-state index is 12.1. The van der Waals surface area contributed by atoms with Crippen LogP contribution in [0.5, 0.6) is 0 Å². The summed E-state index contributed by atoms with van der Waals surface area (Å²) in [5.41, 5.74) is 1.36. The van der Waals surface area contributed by atoms with Crippen LogP contribution in [0.25, 0.3) is 5.65 Å². The molecule has 0 atom stereocenters. The number of aromatic nitrogens is 4. The number of pyridine rings is 1. The van der Waals surface area contributed by atoms with Gasteiger partial charge in [-0.3, -0.25) is 4.79 Å². The van der Waals surface area contributed by atoms with Crippen molar-refractivity contribution in [3.05, 3.63) is 23.9 Å². The van der Waals surface area contributed by atoms with E-state index in [0.29, 0.717) is 17.8 Å². The number of carbonyl (C=O) groups is 1. The van der Waals surface area contributed by atoms with Crippen molar-refractivity contribution in [1.29, 1.82) is 0 Å². The van der Waals surface area contributed by atoms with Gasteiger partial charge in [0.1, 0.15) is 0 Å². The van der Waals surface area contributed by atoms with Crippen LogP contribution in [0.3, 0.4) is 0 Å². The minimum absolute atomic E-state index is 0.0797. The average molecular weight is 258 g/mol. The Morgan fingerprint density at radius 1 is 1.53 bits per heavy atom. The highest BCUT2D eigenvalue weighted by Gasteiger charge is 2.49. The molecular weight excluding hydrogens is 244 g/mol. The first-order valence-electron chi connectivity index (χ1n) is 6.45. The van der Waals surface area contributed by atoms with Gasteiger partial charge in [-0.15, -0.1) is 5.10 Å². The lowest BCUT2D eigenvalue weighted by Gasteiger charge is -2.37. The maximum atomic E-state index is 12.1. The molecule has 3 fully saturated rings. The molecule has 2 aromatic rings. The van der Waals surface area contributed by atoms with E-state index in [9.17, 15) is 4.79 Å². The summed E-state index contributed by atoms with van der Waals surface area (Å²) >= 11 is 0. The zero-order chi connectivity index (χ0) is 12.9. The number of amides is 1. The lowest BCUT2D eigenvalue weighted by Crippen LogP contribution is -2.52. The molecule has 3 aliphatic rings. The molecule has 7 nitrogen and oxygen atoms in total. The van der Waals surface area contributed by atoms with E-state index in [2.05, 4.69) is 26.2 Å². The number of nitrogens with one attached hydrogen (secondary N) is 2. The molecule has 0 unspecified atom stereocenters. The summed E-state index contributed by atoms with van der Waals surface area (Å²) in [6.45, 7) is 1.78. The lowest BCUT2D eigenvalue weighted by atomic mass is 9.73. The van der Waals surface area contributed by atoms with E-state index in [-0.39, 0.29) is 11.4 Å². The molecule has 7 heteroatoms. The van der Waals surface area contributed by atoms with E-state index in [1.165, 1.54) is 17.4 Å². The van der Waals surface area contributed by atoms with Gasteiger partial charge in [0.15, 0.2) is 5.65 Å². The number of rotatable bonds is 3. The molecular formula is C12H14N6O. The fourth-order valence-electron chi connectivity index (χ4n) is 3.13. The number of carbonyl (C=O) groups excluding carboxylic acids is 1. The number of tetrazole rings is 1. The van der Waals surface area contributed by atoms with Crippen LogP contribution in [0.2, 0.25) is 0 Å². The molecule has 1 aliphatic carbocycles. The highest BCUT2D eigenvalue weighted by molar-refractivity contribution is 5.94. The van der Waals surface area contributed by atoms with Crippen molar-refractivity contribution in [1.82, 2.24) is 30.7 Å². The Bertz CT molecular complexity index is 639. The minimum atomic E-state index is -0.0797. The quantitative estimate of drug-likeness (QED) is 0.783. The molecule has 2 aromatic heterocycles. The number of fused-ring (bicyclic) bond motifs is 2. The van der Waals surface area contributed by atoms with Crippen molar-refractivity contribution in [3.63, 3.8) is 0 Å². The number of hydrogen-bond acceptors (Lipinski definition) is 5. The van der Waals surface area contributed by atoms with E-state index >= 15 is 0 Å². The standard InChI is InChI=1S/C12H14N6O/c19-11(13-7-12-3-8(4-12)5-14-12)9-1-2-10-15-16-17-18(10)6-9/h1-2,6,8,14H,3-5,7H2,(H,13,19). The summed E-state index contributed by atoms with van der Waals surface area (Å²) in [4.78, 5) is 12.1. The van der Waals surface area contributed by atoms with Crippen LogP contribution in [0.4, 0.5) is 0 Å². The van der Waals surface area contributed by atoms with Crippen LogP contribution in [0, 0.1) is 5.92 Å². The molecule has 1 saturated carbocycles. The third-order valence-electron chi connectivity index (χ3n) is 4.17. The highest BCUT2D eigenvalue weighted by Crippen LogP contribution is 2.42. The Labute approximate surface area is 109 Å². The van der Waals surface area contributed by atoms with Gasteiger partial charge < -0.3 is 10.6 Å². The highest BCUT2D eigenvalue weighted by atomic mass is 16.1. The molecule has 5 rings (SSSR count). The molecule has 0 aromatic carbocycles. The largest absolute Gasteiger partial charge is 0.350 e. The van der Waals surface area contributed by atoms with E-state index in [0.717, 1.165) is 12.5 Å². The first kappa shape index (κ1) is 10.9. The van der Waals surface area contributed by atoms with Crippen LogP contribution in [0.15, 0.2) is 18.3 Å². The first-order valence-corrected chi connectivity index (χ1v) is 6.45. The van der Waals surface area contributed by atoms with Crippen molar-refractivity contribution in [2.75, 3.05) is 13.1 Å².